The molecule has 2 aliphatic heterocycles. The van der Waals surface area contributed by atoms with E-state index in [2.05, 4.69) is 9.68 Å². The fourth-order valence-electron chi connectivity index (χ4n) is 2.84. The fraction of sp³-hybridized carbons (Fsp3) is 0.917. The Balaban J connectivity index is 1.80. The number of aliphatic hydroxyl groups excluding tert-OH is 1. The van der Waals surface area contributed by atoms with E-state index >= 15 is 0 Å². The third-order valence-electron chi connectivity index (χ3n) is 3.87. The maximum atomic E-state index is 10.8. The van der Waals surface area contributed by atoms with Crippen LogP contribution in [0.3, 0.4) is 0 Å². The van der Waals surface area contributed by atoms with Crippen molar-refractivity contribution in [2.45, 2.75) is 43.0 Å². The largest absolute Gasteiger partial charge is 0.506 e. The van der Waals surface area contributed by atoms with Crippen molar-refractivity contribution < 1.29 is 53.8 Å². The van der Waals surface area contributed by atoms with Gasteiger partial charge in [0, 0.05) is 13.0 Å². The summed E-state index contributed by atoms with van der Waals surface area (Å²) in [5, 5.41) is 36.8. The molecule has 154 valence electrons. The standard InChI is InChI=1S/C12H18N2O13/c15-7-5-23-11-9(7)25-8(10(11)26-12(16)17)1-2-22-3-6(27-14(20)21)4-24-13(18)19/h6-11,15H,1-5H2,(H,16,17). The molecule has 0 bridgehead atoms. The number of ether oxygens (including phenoxy) is 4. The monoisotopic (exact) mass is 398 g/mol. The molecule has 6 atom stereocenters. The topological polar surface area (TPSA) is 199 Å². The summed E-state index contributed by atoms with van der Waals surface area (Å²) in [6.07, 6.45) is -6.89. The molecule has 15 nitrogen and oxygen atoms in total. The average Bonchev–Trinajstić information content (AvgIpc) is 3.09. The molecule has 0 spiro atoms. The van der Waals surface area contributed by atoms with E-state index in [-0.39, 0.29) is 19.6 Å². The summed E-state index contributed by atoms with van der Waals surface area (Å²) in [6.45, 7) is -1.16. The first-order valence-electron chi connectivity index (χ1n) is 7.79. The van der Waals surface area contributed by atoms with E-state index in [0.717, 1.165) is 0 Å². The number of carbonyl (C=O) groups is 1. The van der Waals surface area contributed by atoms with Gasteiger partial charge in [0.05, 0.1) is 13.2 Å². The molecule has 2 rings (SSSR count). The first-order chi connectivity index (χ1) is 12.8. The molecule has 0 aromatic heterocycles. The van der Waals surface area contributed by atoms with Crippen LogP contribution in [-0.2, 0) is 28.6 Å². The van der Waals surface area contributed by atoms with Gasteiger partial charge < -0.3 is 38.8 Å². The summed E-state index contributed by atoms with van der Waals surface area (Å²) in [5.41, 5.74) is 0. The highest BCUT2D eigenvalue weighted by molar-refractivity contribution is 5.57. The molecule has 6 unspecified atom stereocenters. The van der Waals surface area contributed by atoms with Crippen molar-refractivity contribution in [3.8, 4) is 0 Å². The second-order valence-corrected chi connectivity index (χ2v) is 5.69. The van der Waals surface area contributed by atoms with E-state index in [1.165, 1.54) is 0 Å². The van der Waals surface area contributed by atoms with Crippen LogP contribution < -0.4 is 0 Å². The number of hydrogen-bond acceptors (Lipinski definition) is 12. The Hall–Kier alpha value is -2.49. The molecule has 27 heavy (non-hydrogen) atoms. The Bertz CT molecular complexity index is 545. The van der Waals surface area contributed by atoms with Gasteiger partial charge >= 0.3 is 6.16 Å². The van der Waals surface area contributed by atoms with Gasteiger partial charge in [-0.25, -0.2) is 4.79 Å². The minimum absolute atomic E-state index is 0.00557. The molecule has 0 amide bonds. The Morgan fingerprint density at radius 2 is 1.96 bits per heavy atom. The summed E-state index contributed by atoms with van der Waals surface area (Å²) in [6, 6.07) is 0. The molecule has 0 radical (unpaired) electrons. The number of carboxylic acid groups (broad SMARTS) is 1. The molecule has 0 aliphatic carbocycles. The molecule has 2 aliphatic rings. The Kier molecular flexibility index (Phi) is 7.28. The maximum absolute atomic E-state index is 10.8. The van der Waals surface area contributed by atoms with Gasteiger partial charge in [0.25, 0.3) is 10.2 Å². The highest BCUT2D eigenvalue weighted by Gasteiger charge is 2.54. The molecular formula is C12H18N2O13. The predicted octanol–water partition coefficient (Wildman–Crippen LogP) is -1.23. The van der Waals surface area contributed by atoms with Gasteiger partial charge in [-0.3, -0.25) is 0 Å². The van der Waals surface area contributed by atoms with Crippen LogP contribution in [0.15, 0.2) is 0 Å². The maximum Gasteiger partial charge on any atom is 0.506 e. The minimum atomic E-state index is -1.53. The van der Waals surface area contributed by atoms with E-state index in [1.54, 1.807) is 0 Å². The fourth-order valence-corrected chi connectivity index (χ4v) is 2.84. The first-order valence-corrected chi connectivity index (χ1v) is 7.79. The van der Waals surface area contributed by atoms with Crippen molar-refractivity contribution in [1.29, 1.82) is 0 Å². The van der Waals surface area contributed by atoms with Gasteiger partial charge in [-0.15, -0.1) is 20.2 Å². The van der Waals surface area contributed by atoms with Crippen molar-refractivity contribution in [2.75, 3.05) is 26.4 Å². The quantitative estimate of drug-likeness (QED) is 0.181. The summed E-state index contributed by atoms with van der Waals surface area (Å²) in [4.78, 5) is 39.6. The predicted molar refractivity (Wildman–Crippen MR) is 77.6 cm³/mol. The van der Waals surface area contributed by atoms with Gasteiger partial charge in [0.2, 0.25) is 0 Å². The zero-order valence-corrected chi connectivity index (χ0v) is 13.8. The van der Waals surface area contributed by atoms with Gasteiger partial charge in [-0.2, -0.15) is 0 Å². The lowest BCUT2D eigenvalue weighted by molar-refractivity contribution is -0.790. The van der Waals surface area contributed by atoms with Crippen LogP contribution in [0, 0.1) is 20.2 Å². The van der Waals surface area contributed by atoms with Gasteiger partial charge in [-0.05, 0) is 0 Å². The van der Waals surface area contributed by atoms with Crippen LogP contribution in [0.5, 0.6) is 0 Å². The number of aliphatic hydroxyl groups is 1. The SMILES string of the molecule is O=C(O)OC1C(CCOCC(CO[N+](=O)[O-])O[N+](=O)[O-])OC2C(O)COC21. The van der Waals surface area contributed by atoms with E-state index in [9.17, 15) is 30.1 Å². The average molecular weight is 398 g/mol. The second-order valence-electron chi connectivity index (χ2n) is 5.69. The Labute approximate surface area is 150 Å². The normalized spacial score (nSPS) is 30.3. The number of fused-ring (bicyclic) bond motifs is 1. The molecule has 2 fully saturated rings. The highest BCUT2D eigenvalue weighted by atomic mass is 17.0. The van der Waals surface area contributed by atoms with Crippen molar-refractivity contribution >= 4 is 6.16 Å². The molecule has 2 N–H and O–H groups in total. The van der Waals surface area contributed by atoms with Crippen LogP contribution in [0.2, 0.25) is 0 Å². The molecule has 0 saturated carbocycles. The van der Waals surface area contributed by atoms with Crippen molar-refractivity contribution in [3.63, 3.8) is 0 Å². The lowest BCUT2D eigenvalue weighted by Gasteiger charge is -2.21. The van der Waals surface area contributed by atoms with Gasteiger partial charge in [-0.1, -0.05) is 0 Å². The first kappa shape index (κ1) is 20.8. The zero-order valence-electron chi connectivity index (χ0n) is 13.8. The summed E-state index contributed by atoms with van der Waals surface area (Å²) in [5.74, 6) is 0. The van der Waals surface area contributed by atoms with E-state index in [1.807, 2.05) is 0 Å². The second kappa shape index (κ2) is 9.45. The van der Waals surface area contributed by atoms with E-state index in [4.69, 9.17) is 24.1 Å². The molecular weight excluding hydrogens is 380 g/mol. The van der Waals surface area contributed by atoms with Crippen LogP contribution in [0.25, 0.3) is 0 Å². The lowest BCUT2D eigenvalue weighted by atomic mass is 10.1. The molecule has 2 heterocycles. The molecule has 0 aromatic rings. The number of nitrogens with zero attached hydrogens (tertiary/aromatic N) is 2. The number of hydrogen-bond donors (Lipinski definition) is 2. The number of rotatable bonds is 11. The zero-order chi connectivity index (χ0) is 20.0. The van der Waals surface area contributed by atoms with Crippen LogP contribution in [0.4, 0.5) is 4.79 Å². The third-order valence-corrected chi connectivity index (χ3v) is 3.87. The Morgan fingerprint density at radius 3 is 2.59 bits per heavy atom. The van der Waals surface area contributed by atoms with Gasteiger partial charge in [0.15, 0.2) is 12.2 Å². The molecule has 15 heteroatoms. The van der Waals surface area contributed by atoms with Crippen molar-refractivity contribution in [1.82, 2.24) is 0 Å². The van der Waals surface area contributed by atoms with Crippen molar-refractivity contribution in [2.24, 2.45) is 0 Å². The molecule has 2 saturated heterocycles. The molecule has 0 aromatic carbocycles. The van der Waals surface area contributed by atoms with Crippen LogP contribution >= 0.6 is 0 Å². The van der Waals surface area contributed by atoms with Crippen molar-refractivity contribution in [3.05, 3.63) is 20.2 Å². The summed E-state index contributed by atoms with van der Waals surface area (Å²) in [7, 11) is 0. The summed E-state index contributed by atoms with van der Waals surface area (Å²) >= 11 is 0. The highest BCUT2D eigenvalue weighted by Crippen LogP contribution is 2.34. The van der Waals surface area contributed by atoms with Gasteiger partial charge in [0.1, 0.15) is 31.0 Å². The lowest BCUT2D eigenvalue weighted by Crippen LogP contribution is -2.37. The van der Waals surface area contributed by atoms with E-state index in [0.29, 0.717) is 0 Å². The van der Waals surface area contributed by atoms with E-state index < -0.39 is 66.2 Å². The Morgan fingerprint density at radius 1 is 1.22 bits per heavy atom. The third kappa shape index (κ3) is 6.02. The summed E-state index contributed by atoms with van der Waals surface area (Å²) < 4.78 is 20.8. The smallest absolute Gasteiger partial charge is 0.450 e. The van der Waals surface area contributed by atoms with Crippen LogP contribution in [0.1, 0.15) is 6.42 Å². The minimum Gasteiger partial charge on any atom is -0.450 e. The van der Waals surface area contributed by atoms with Crippen LogP contribution in [-0.4, -0.2) is 89.6 Å².